The maximum absolute atomic E-state index is 13.4. The molecule has 0 saturated heterocycles. The summed E-state index contributed by atoms with van der Waals surface area (Å²) in [6.45, 7) is 8.72. The minimum Gasteiger partial charge on any atom is -0.394 e. The van der Waals surface area contributed by atoms with Gasteiger partial charge >= 0.3 is 0 Å². The number of aliphatic hydroxyl groups excluding tert-OH is 1. The fraction of sp³-hybridized carbons (Fsp3) is 0.391. The summed E-state index contributed by atoms with van der Waals surface area (Å²) >= 11 is 0. The predicted octanol–water partition coefficient (Wildman–Crippen LogP) is 3.38. The second kappa shape index (κ2) is 8.35. The summed E-state index contributed by atoms with van der Waals surface area (Å²) in [5, 5.41) is 18.5. The lowest BCUT2D eigenvalue weighted by Crippen LogP contribution is -2.25. The highest BCUT2D eigenvalue weighted by atomic mass is 16.3. The maximum Gasteiger partial charge on any atom is 0.196 e. The second-order valence-corrected chi connectivity index (χ2v) is 7.36. The first-order valence-electron chi connectivity index (χ1n) is 10.4. The zero-order valence-corrected chi connectivity index (χ0v) is 17.1. The number of nitrogens with one attached hydrogen (secondary N) is 1. The molecule has 0 radical (unpaired) electrons. The average molecular weight is 393 g/mol. The van der Waals surface area contributed by atoms with Gasteiger partial charge in [-0.25, -0.2) is 0 Å². The van der Waals surface area contributed by atoms with Crippen LogP contribution in [0.15, 0.2) is 36.4 Å². The van der Waals surface area contributed by atoms with E-state index in [0.717, 1.165) is 60.4 Å². The van der Waals surface area contributed by atoms with Gasteiger partial charge in [0, 0.05) is 28.7 Å². The number of fused-ring (bicyclic) bond motifs is 2. The third-order valence-electron chi connectivity index (χ3n) is 5.75. The second-order valence-electron chi connectivity index (χ2n) is 7.36. The minimum absolute atomic E-state index is 0.00645. The van der Waals surface area contributed by atoms with Gasteiger partial charge < -0.3 is 15.3 Å². The quantitative estimate of drug-likeness (QED) is 0.427. The summed E-state index contributed by atoms with van der Waals surface area (Å²) in [4.78, 5) is 15.8. The SMILES string of the molecule is CCN(CC)CCCNc1ccc2c3c(nn2CCO)-c2ccccc2C(=O)c13. The Morgan fingerprint density at radius 2 is 1.86 bits per heavy atom. The normalized spacial score (nSPS) is 12.6. The van der Waals surface area contributed by atoms with Gasteiger partial charge in [-0.15, -0.1) is 0 Å². The van der Waals surface area contributed by atoms with Crippen LogP contribution >= 0.6 is 0 Å². The number of carbonyl (C=O) groups excluding carboxylic acids is 1. The van der Waals surface area contributed by atoms with Gasteiger partial charge in [-0.05, 0) is 38.2 Å². The molecular formula is C23H28N4O2. The summed E-state index contributed by atoms with van der Waals surface area (Å²) in [7, 11) is 0. The first-order valence-corrected chi connectivity index (χ1v) is 10.4. The van der Waals surface area contributed by atoms with Gasteiger partial charge in [0.05, 0.1) is 24.2 Å². The molecular weight excluding hydrogens is 364 g/mol. The first-order chi connectivity index (χ1) is 14.2. The van der Waals surface area contributed by atoms with E-state index < -0.39 is 0 Å². The largest absolute Gasteiger partial charge is 0.394 e. The van der Waals surface area contributed by atoms with E-state index in [1.807, 2.05) is 36.4 Å². The van der Waals surface area contributed by atoms with Crippen LogP contribution in [0.3, 0.4) is 0 Å². The highest BCUT2D eigenvalue weighted by Crippen LogP contribution is 2.41. The minimum atomic E-state index is 0.00645. The fourth-order valence-electron chi connectivity index (χ4n) is 4.20. The summed E-state index contributed by atoms with van der Waals surface area (Å²) in [5.74, 6) is 0.0356. The molecule has 0 atom stereocenters. The number of aromatic nitrogens is 2. The Labute approximate surface area is 171 Å². The van der Waals surface area contributed by atoms with Crippen molar-refractivity contribution in [2.75, 3.05) is 38.1 Å². The van der Waals surface area contributed by atoms with Gasteiger partial charge in [0.1, 0.15) is 5.69 Å². The molecule has 0 amide bonds. The zero-order valence-electron chi connectivity index (χ0n) is 17.1. The number of hydrogen-bond donors (Lipinski definition) is 2. The van der Waals surface area contributed by atoms with Crippen molar-refractivity contribution in [2.24, 2.45) is 0 Å². The van der Waals surface area contributed by atoms with Crippen LogP contribution in [0.25, 0.3) is 22.2 Å². The molecule has 1 aliphatic rings. The molecule has 2 N–H and O–H groups in total. The van der Waals surface area contributed by atoms with Crippen molar-refractivity contribution in [2.45, 2.75) is 26.8 Å². The number of aliphatic hydroxyl groups is 1. The molecule has 3 aromatic rings. The Balaban J connectivity index is 1.72. The molecule has 0 bridgehead atoms. The first kappa shape index (κ1) is 19.6. The van der Waals surface area contributed by atoms with Gasteiger partial charge in [0.25, 0.3) is 0 Å². The van der Waals surface area contributed by atoms with Crippen LogP contribution in [0.2, 0.25) is 0 Å². The van der Waals surface area contributed by atoms with E-state index in [1.165, 1.54) is 0 Å². The van der Waals surface area contributed by atoms with Crippen LogP contribution in [-0.2, 0) is 6.54 Å². The highest BCUT2D eigenvalue weighted by Gasteiger charge is 2.30. The van der Waals surface area contributed by atoms with E-state index in [2.05, 4.69) is 24.1 Å². The van der Waals surface area contributed by atoms with E-state index in [4.69, 9.17) is 5.10 Å². The molecule has 1 aliphatic carbocycles. The Kier molecular flexibility index (Phi) is 5.65. The van der Waals surface area contributed by atoms with Crippen LogP contribution in [0.5, 0.6) is 0 Å². The third-order valence-corrected chi connectivity index (χ3v) is 5.75. The summed E-state index contributed by atoms with van der Waals surface area (Å²) in [6.07, 6.45) is 1.01. The molecule has 0 fully saturated rings. The molecule has 0 aliphatic heterocycles. The number of benzene rings is 2. The molecule has 1 aromatic heterocycles. The molecule has 6 nitrogen and oxygen atoms in total. The number of rotatable bonds is 9. The number of anilines is 1. The van der Waals surface area contributed by atoms with Gasteiger partial charge in [-0.2, -0.15) is 5.10 Å². The summed E-state index contributed by atoms with van der Waals surface area (Å²) in [6, 6.07) is 11.6. The van der Waals surface area contributed by atoms with Crippen molar-refractivity contribution in [3.05, 3.63) is 47.5 Å². The Bertz CT molecular complexity index is 1040. The van der Waals surface area contributed by atoms with E-state index in [-0.39, 0.29) is 12.4 Å². The van der Waals surface area contributed by atoms with Crippen LogP contribution < -0.4 is 5.32 Å². The van der Waals surface area contributed by atoms with E-state index >= 15 is 0 Å². The van der Waals surface area contributed by atoms with Crippen LogP contribution in [0.1, 0.15) is 36.2 Å². The molecule has 0 unspecified atom stereocenters. The smallest absolute Gasteiger partial charge is 0.196 e. The number of hydrogen-bond acceptors (Lipinski definition) is 5. The van der Waals surface area contributed by atoms with E-state index in [9.17, 15) is 9.90 Å². The molecule has 2 aromatic carbocycles. The van der Waals surface area contributed by atoms with Crippen molar-refractivity contribution >= 4 is 22.4 Å². The lowest BCUT2D eigenvalue weighted by atomic mass is 9.86. The van der Waals surface area contributed by atoms with Crippen molar-refractivity contribution in [1.82, 2.24) is 14.7 Å². The Morgan fingerprint density at radius 3 is 2.59 bits per heavy atom. The van der Waals surface area contributed by atoms with Crippen molar-refractivity contribution in [1.29, 1.82) is 0 Å². The van der Waals surface area contributed by atoms with Crippen LogP contribution in [-0.4, -0.2) is 58.4 Å². The molecule has 6 heteroatoms. The van der Waals surface area contributed by atoms with Crippen LogP contribution in [0.4, 0.5) is 5.69 Å². The molecule has 4 rings (SSSR count). The molecule has 152 valence electrons. The number of ketones is 1. The summed E-state index contributed by atoms with van der Waals surface area (Å²) < 4.78 is 1.80. The van der Waals surface area contributed by atoms with Crippen molar-refractivity contribution in [3.63, 3.8) is 0 Å². The number of nitrogens with zero attached hydrogens (tertiary/aromatic N) is 3. The molecule has 1 heterocycles. The monoisotopic (exact) mass is 392 g/mol. The molecule has 0 spiro atoms. The Hall–Kier alpha value is -2.70. The standard InChI is InChI=1S/C23H28N4O2/c1-3-26(4-2)13-7-12-24-18-10-11-19-21-20(18)23(29)17-9-6-5-8-16(17)22(21)25-27(19)14-15-28/h5-6,8-11,24,28H,3-4,7,12-15H2,1-2H3. The van der Waals surface area contributed by atoms with Crippen LogP contribution in [0, 0.1) is 0 Å². The number of carbonyl (C=O) groups is 1. The van der Waals surface area contributed by atoms with E-state index in [0.29, 0.717) is 17.7 Å². The lowest BCUT2D eigenvalue weighted by molar-refractivity contribution is 0.104. The van der Waals surface area contributed by atoms with Gasteiger partial charge in [0.15, 0.2) is 5.78 Å². The van der Waals surface area contributed by atoms with Crippen molar-refractivity contribution in [3.8, 4) is 11.3 Å². The van der Waals surface area contributed by atoms with E-state index in [1.54, 1.807) is 4.68 Å². The maximum atomic E-state index is 13.4. The van der Waals surface area contributed by atoms with Gasteiger partial charge in [-0.1, -0.05) is 38.1 Å². The third kappa shape index (κ3) is 3.43. The zero-order chi connectivity index (χ0) is 20.4. The lowest BCUT2D eigenvalue weighted by Gasteiger charge is -2.20. The van der Waals surface area contributed by atoms with Crippen molar-refractivity contribution < 1.29 is 9.90 Å². The molecule has 0 saturated carbocycles. The molecule has 29 heavy (non-hydrogen) atoms. The topological polar surface area (TPSA) is 70.4 Å². The van der Waals surface area contributed by atoms with Gasteiger partial charge in [0.2, 0.25) is 0 Å². The highest BCUT2D eigenvalue weighted by molar-refractivity contribution is 6.27. The predicted molar refractivity (Wildman–Crippen MR) is 117 cm³/mol. The summed E-state index contributed by atoms with van der Waals surface area (Å²) in [5.41, 5.74) is 4.83. The van der Waals surface area contributed by atoms with Gasteiger partial charge in [-0.3, -0.25) is 9.48 Å². The Morgan fingerprint density at radius 1 is 1.10 bits per heavy atom. The fourth-order valence-corrected chi connectivity index (χ4v) is 4.20. The average Bonchev–Trinajstić information content (AvgIpc) is 3.11.